The molecule has 0 saturated heterocycles. The van der Waals surface area contributed by atoms with E-state index in [-0.39, 0.29) is 23.3 Å². The molecule has 0 atom stereocenters. The van der Waals surface area contributed by atoms with E-state index < -0.39 is 11.9 Å². The molecule has 0 saturated carbocycles. The maximum Gasteiger partial charge on any atom is 0.423 e. The highest BCUT2D eigenvalue weighted by Gasteiger charge is 2.33. The maximum atomic E-state index is 13.8. The molecule has 0 N–H and O–H groups in total. The third kappa shape index (κ3) is 9.45. The van der Waals surface area contributed by atoms with Gasteiger partial charge in [0.25, 0.3) is 0 Å². The van der Waals surface area contributed by atoms with Gasteiger partial charge in [0.05, 0.1) is 12.7 Å². The van der Waals surface area contributed by atoms with Gasteiger partial charge in [-0.05, 0) is 87.5 Å². The molecular formula is C46H52N6O6. The molecule has 0 spiro atoms. The van der Waals surface area contributed by atoms with Crippen LogP contribution < -0.4 is 19.3 Å². The number of rotatable bonds is 20. The third-order valence-electron chi connectivity index (χ3n) is 10.7. The van der Waals surface area contributed by atoms with Crippen LogP contribution in [0.2, 0.25) is 0 Å². The van der Waals surface area contributed by atoms with Gasteiger partial charge in [0.1, 0.15) is 11.5 Å². The summed E-state index contributed by atoms with van der Waals surface area (Å²) in [6.45, 7) is 18.4. The first kappa shape index (κ1) is 41.3. The Bertz CT molecular complexity index is 2020. The van der Waals surface area contributed by atoms with Gasteiger partial charge < -0.3 is 28.4 Å². The second-order valence-corrected chi connectivity index (χ2v) is 14.5. The van der Waals surface area contributed by atoms with E-state index in [1.54, 1.807) is 49.4 Å². The molecule has 0 aliphatic carbocycles. The number of hydrogen-bond donors (Lipinski definition) is 0. The average molecular weight is 785 g/mol. The fourth-order valence-electron chi connectivity index (χ4n) is 7.96. The van der Waals surface area contributed by atoms with Crippen LogP contribution in [-0.2, 0) is 70.8 Å². The van der Waals surface area contributed by atoms with E-state index in [2.05, 4.69) is 36.3 Å². The SMILES string of the molecule is C=CCc1cc2c(c(CC=C)c1OC(=O)C(=O)Oc1c(CC=C)cc3c(c1CC=C)CCC(=O)N3CCCCn1ccnc1)CCC(=O)N2CCCCn1ccnc1. The van der Waals surface area contributed by atoms with Gasteiger partial charge in [-0.15, -0.1) is 26.3 Å². The van der Waals surface area contributed by atoms with Crippen LogP contribution >= 0.6 is 0 Å². The summed E-state index contributed by atoms with van der Waals surface area (Å²) in [5.41, 5.74) is 5.96. The van der Waals surface area contributed by atoms with Crippen molar-refractivity contribution in [2.45, 2.75) is 90.1 Å². The topological polar surface area (TPSA) is 129 Å². The monoisotopic (exact) mass is 784 g/mol. The molecule has 2 aliphatic heterocycles. The quantitative estimate of drug-likeness (QED) is 0.0308. The predicted octanol–water partition coefficient (Wildman–Crippen LogP) is 7.02. The second-order valence-electron chi connectivity index (χ2n) is 14.5. The molecule has 2 aromatic heterocycles. The third-order valence-corrected chi connectivity index (χ3v) is 10.7. The van der Waals surface area contributed by atoms with Crippen molar-refractivity contribution in [3.05, 3.63) is 134 Å². The normalized spacial score (nSPS) is 13.4. The number of anilines is 2. The number of allylic oxidation sites excluding steroid dienone is 4. The van der Waals surface area contributed by atoms with Crippen LogP contribution in [0.5, 0.6) is 11.5 Å². The molecule has 2 amide bonds. The highest BCUT2D eigenvalue weighted by Crippen LogP contribution is 2.42. The molecule has 2 aliphatic rings. The van der Waals surface area contributed by atoms with E-state index in [1.807, 2.05) is 43.5 Å². The predicted molar refractivity (Wildman–Crippen MR) is 224 cm³/mol. The Kier molecular flexibility index (Phi) is 14.1. The Hall–Kier alpha value is -6.30. The number of carbonyl (C=O) groups excluding carboxylic acids is 4. The van der Waals surface area contributed by atoms with E-state index in [0.717, 1.165) is 61.3 Å². The number of aryl methyl sites for hydroxylation is 2. The van der Waals surface area contributed by atoms with Crippen LogP contribution in [0.4, 0.5) is 11.4 Å². The molecule has 0 radical (unpaired) electrons. The first-order valence-electron chi connectivity index (χ1n) is 20.0. The first-order valence-corrected chi connectivity index (χ1v) is 20.0. The second kappa shape index (κ2) is 19.7. The van der Waals surface area contributed by atoms with Crippen LogP contribution in [0.25, 0.3) is 0 Å². The number of unbranched alkanes of at least 4 members (excludes halogenated alkanes) is 2. The van der Waals surface area contributed by atoms with Crippen molar-refractivity contribution in [2.24, 2.45) is 0 Å². The van der Waals surface area contributed by atoms with Gasteiger partial charge in [0.2, 0.25) is 11.8 Å². The van der Waals surface area contributed by atoms with Crippen molar-refractivity contribution in [3.63, 3.8) is 0 Å². The number of imidazole rings is 2. The molecule has 2 aromatic carbocycles. The molecular weight excluding hydrogens is 733 g/mol. The number of esters is 2. The molecule has 58 heavy (non-hydrogen) atoms. The Morgan fingerprint density at radius 2 is 0.983 bits per heavy atom. The fraction of sp³-hybridized carbons (Fsp3) is 0.348. The number of amides is 2. The number of nitrogens with zero attached hydrogens (tertiary/aromatic N) is 6. The van der Waals surface area contributed by atoms with Gasteiger partial charge in [-0.3, -0.25) is 9.59 Å². The molecule has 0 fully saturated rings. The molecule has 4 heterocycles. The van der Waals surface area contributed by atoms with Crippen LogP contribution in [0, 0.1) is 0 Å². The zero-order chi connectivity index (χ0) is 41.0. The maximum absolute atomic E-state index is 13.8. The van der Waals surface area contributed by atoms with Gasteiger partial charge in [-0.25, -0.2) is 19.6 Å². The molecule has 6 rings (SSSR count). The highest BCUT2D eigenvalue weighted by atomic mass is 16.6. The lowest BCUT2D eigenvalue weighted by Gasteiger charge is -2.33. The lowest BCUT2D eigenvalue weighted by Crippen LogP contribution is -2.37. The Morgan fingerprint density at radius 3 is 1.34 bits per heavy atom. The lowest BCUT2D eigenvalue weighted by molar-refractivity contribution is -0.156. The minimum atomic E-state index is -1.18. The fourth-order valence-corrected chi connectivity index (χ4v) is 7.96. The Balaban J connectivity index is 1.26. The zero-order valence-corrected chi connectivity index (χ0v) is 33.2. The summed E-state index contributed by atoms with van der Waals surface area (Å²) >= 11 is 0. The summed E-state index contributed by atoms with van der Waals surface area (Å²) in [6, 6.07) is 3.76. The van der Waals surface area contributed by atoms with E-state index in [1.165, 1.54) is 0 Å². The summed E-state index contributed by atoms with van der Waals surface area (Å²) < 4.78 is 16.0. The van der Waals surface area contributed by atoms with Crippen molar-refractivity contribution in [1.82, 2.24) is 19.1 Å². The molecule has 302 valence electrons. The van der Waals surface area contributed by atoms with Gasteiger partial charge in [-0.1, -0.05) is 24.3 Å². The minimum Gasteiger partial charge on any atom is -0.417 e. The van der Waals surface area contributed by atoms with Crippen molar-refractivity contribution in [2.75, 3.05) is 22.9 Å². The zero-order valence-electron chi connectivity index (χ0n) is 33.2. The number of aromatic nitrogens is 4. The summed E-state index contributed by atoms with van der Waals surface area (Å²) in [4.78, 5) is 66.1. The van der Waals surface area contributed by atoms with Crippen molar-refractivity contribution in [1.29, 1.82) is 0 Å². The van der Waals surface area contributed by atoms with Gasteiger partial charge in [-0.2, -0.15) is 0 Å². The van der Waals surface area contributed by atoms with E-state index in [4.69, 9.17) is 9.47 Å². The standard InChI is InChI=1S/C46H52N6O6/c1-5-13-33-29-39-35(17-19-41(53)51(39)25-11-9-23-49-27-21-47-31-49)37(15-7-3)43(33)57-45(55)46(56)58-44-34(14-6-2)30-40-36(38(44)16-8-4)18-20-42(54)52(40)26-12-10-24-50-28-22-48-32-50/h5-8,21-22,27-32H,1-4,9-20,23-26H2. The van der Waals surface area contributed by atoms with Gasteiger partial charge in [0.15, 0.2) is 0 Å². The molecule has 4 aromatic rings. The summed E-state index contributed by atoms with van der Waals surface area (Å²) in [5, 5.41) is 0. The number of benzene rings is 2. The van der Waals surface area contributed by atoms with E-state index in [9.17, 15) is 19.2 Å². The van der Waals surface area contributed by atoms with Crippen molar-refractivity contribution >= 4 is 35.1 Å². The van der Waals surface area contributed by atoms with Crippen LogP contribution in [0.3, 0.4) is 0 Å². The lowest BCUT2D eigenvalue weighted by atomic mass is 9.89. The largest absolute Gasteiger partial charge is 0.423 e. The van der Waals surface area contributed by atoms with Crippen molar-refractivity contribution < 1.29 is 28.7 Å². The first-order chi connectivity index (χ1) is 28.3. The molecule has 12 nitrogen and oxygen atoms in total. The summed E-state index contributed by atoms with van der Waals surface area (Å²) in [7, 11) is 0. The number of carbonyl (C=O) groups is 4. The summed E-state index contributed by atoms with van der Waals surface area (Å²) in [6.07, 6.45) is 23.9. The van der Waals surface area contributed by atoms with E-state index in [0.29, 0.717) is 86.7 Å². The van der Waals surface area contributed by atoms with Gasteiger partial charge in [0, 0.05) is 97.4 Å². The van der Waals surface area contributed by atoms with Crippen molar-refractivity contribution in [3.8, 4) is 11.5 Å². The van der Waals surface area contributed by atoms with Crippen LogP contribution in [0.1, 0.15) is 71.9 Å². The number of hydrogen-bond acceptors (Lipinski definition) is 8. The Labute approximate surface area is 340 Å². The number of ether oxygens (including phenoxy) is 2. The highest BCUT2D eigenvalue weighted by molar-refractivity contribution is 6.31. The summed E-state index contributed by atoms with van der Waals surface area (Å²) in [5.74, 6) is -1.79. The molecule has 12 heteroatoms. The number of fused-ring (bicyclic) bond motifs is 2. The average Bonchev–Trinajstić information content (AvgIpc) is 3.94. The van der Waals surface area contributed by atoms with Gasteiger partial charge >= 0.3 is 11.9 Å². The Morgan fingerprint density at radius 1 is 0.586 bits per heavy atom. The smallest absolute Gasteiger partial charge is 0.417 e. The molecule has 0 bridgehead atoms. The van der Waals surface area contributed by atoms with E-state index >= 15 is 0 Å². The minimum absolute atomic E-state index is 0.0337. The van der Waals surface area contributed by atoms with Crippen LogP contribution in [-0.4, -0.2) is 55.9 Å². The van der Waals surface area contributed by atoms with Crippen LogP contribution in [0.15, 0.2) is 100 Å². The molecule has 0 unspecified atom stereocenters.